The van der Waals surface area contributed by atoms with Crippen LogP contribution in [0.25, 0.3) is 21.5 Å². The molecule has 0 fully saturated rings. The number of thiophene rings is 1. The first-order valence-corrected chi connectivity index (χ1v) is 11.1. The molecule has 30 heavy (non-hydrogen) atoms. The maximum Gasteiger partial charge on any atom is 0.261 e. The minimum atomic E-state index is -0.160. The van der Waals surface area contributed by atoms with Crippen LogP contribution >= 0.6 is 27.3 Å². The standard InChI is InChI=1S/C22H21BrN4O2S/c1-29-15-4-2-13(3-5-15)10-14(12-24)27-22(28)19-11-18(23)20(30-19)16-6-8-25-21-17(16)7-9-26-21/h2-9,11,14H,10,12,24H2,1H3,(H,25,26)(H,27,28)/t14-/m0/s1. The maximum atomic E-state index is 12.9. The summed E-state index contributed by atoms with van der Waals surface area (Å²) in [5.41, 5.74) is 8.87. The van der Waals surface area contributed by atoms with Crippen LogP contribution in [0, 0.1) is 0 Å². The lowest BCUT2D eigenvalue weighted by atomic mass is 10.1. The van der Waals surface area contributed by atoms with E-state index in [4.69, 9.17) is 10.5 Å². The first-order chi connectivity index (χ1) is 14.6. The fourth-order valence-corrected chi connectivity index (χ4v) is 5.15. The van der Waals surface area contributed by atoms with Gasteiger partial charge in [0.1, 0.15) is 11.4 Å². The van der Waals surface area contributed by atoms with Crippen molar-refractivity contribution in [3.8, 4) is 16.2 Å². The van der Waals surface area contributed by atoms with Crippen LogP contribution in [0.1, 0.15) is 15.2 Å². The molecule has 1 aromatic carbocycles. The largest absolute Gasteiger partial charge is 0.497 e. The number of carbonyl (C=O) groups is 1. The van der Waals surface area contributed by atoms with Crippen molar-refractivity contribution in [2.75, 3.05) is 13.7 Å². The number of aromatic nitrogens is 2. The molecular formula is C22H21BrN4O2S. The van der Waals surface area contributed by atoms with Crippen LogP contribution in [0.5, 0.6) is 5.75 Å². The summed E-state index contributed by atoms with van der Waals surface area (Å²) in [6.07, 6.45) is 4.28. The number of methoxy groups -OCH3 is 1. The molecule has 8 heteroatoms. The van der Waals surface area contributed by atoms with E-state index in [1.807, 2.05) is 48.7 Å². The van der Waals surface area contributed by atoms with Gasteiger partial charge in [0.15, 0.2) is 0 Å². The molecule has 0 aliphatic carbocycles. The molecule has 0 radical (unpaired) electrons. The Morgan fingerprint density at radius 2 is 2.10 bits per heavy atom. The third kappa shape index (κ3) is 4.26. The molecule has 1 atom stereocenters. The molecular weight excluding hydrogens is 464 g/mol. The van der Waals surface area contributed by atoms with Crippen LogP contribution in [0.3, 0.4) is 0 Å². The van der Waals surface area contributed by atoms with Crippen molar-refractivity contribution in [1.29, 1.82) is 0 Å². The molecule has 0 saturated carbocycles. The summed E-state index contributed by atoms with van der Waals surface area (Å²) < 4.78 is 6.07. The zero-order chi connectivity index (χ0) is 21.1. The number of nitrogens with two attached hydrogens (primary N) is 1. The fourth-order valence-electron chi connectivity index (χ4n) is 3.32. The van der Waals surface area contributed by atoms with E-state index in [1.54, 1.807) is 13.3 Å². The van der Waals surface area contributed by atoms with Crippen molar-refractivity contribution >= 4 is 44.2 Å². The van der Waals surface area contributed by atoms with Gasteiger partial charge in [-0.2, -0.15) is 0 Å². The zero-order valence-corrected chi connectivity index (χ0v) is 18.7. The Labute approximate surface area is 186 Å². The zero-order valence-electron chi connectivity index (χ0n) is 16.3. The number of pyridine rings is 1. The van der Waals surface area contributed by atoms with Gasteiger partial charge in [0.25, 0.3) is 5.91 Å². The van der Waals surface area contributed by atoms with Gasteiger partial charge in [-0.1, -0.05) is 12.1 Å². The third-order valence-corrected chi connectivity index (χ3v) is 6.93. The van der Waals surface area contributed by atoms with Gasteiger partial charge in [0, 0.05) is 40.4 Å². The first kappa shape index (κ1) is 20.6. The summed E-state index contributed by atoms with van der Waals surface area (Å²) >= 11 is 5.05. The highest BCUT2D eigenvalue weighted by atomic mass is 79.9. The number of benzene rings is 1. The summed E-state index contributed by atoms with van der Waals surface area (Å²) in [6, 6.07) is 13.4. The van der Waals surface area contributed by atoms with Gasteiger partial charge < -0.3 is 20.8 Å². The fraction of sp³-hybridized carbons (Fsp3) is 0.182. The Morgan fingerprint density at radius 3 is 2.83 bits per heavy atom. The average Bonchev–Trinajstić information content (AvgIpc) is 3.40. The van der Waals surface area contributed by atoms with Gasteiger partial charge in [-0.15, -0.1) is 11.3 Å². The molecule has 3 aromatic heterocycles. The van der Waals surface area contributed by atoms with Crippen molar-refractivity contribution in [1.82, 2.24) is 15.3 Å². The Bertz CT molecular complexity index is 1170. The molecule has 3 heterocycles. The molecule has 0 unspecified atom stereocenters. The average molecular weight is 485 g/mol. The van der Waals surface area contributed by atoms with Crippen LogP contribution < -0.4 is 15.8 Å². The van der Waals surface area contributed by atoms with E-state index in [2.05, 4.69) is 31.2 Å². The minimum Gasteiger partial charge on any atom is -0.497 e. The van der Waals surface area contributed by atoms with E-state index in [1.165, 1.54) is 11.3 Å². The van der Waals surface area contributed by atoms with E-state index in [9.17, 15) is 4.79 Å². The van der Waals surface area contributed by atoms with Gasteiger partial charge in [-0.05, 0) is 58.2 Å². The van der Waals surface area contributed by atoms with E-state index in [0.717, 1.165) is 37.3 Å². The lowest BCUT2D eigenvalue weighted by Crippen LogP contribution is -2.41. The summed E-state index contributed by atoms with van der Waals surface area (Å²) in [7, 11) is 1.64. The second-order valence-corrected chi connectivity index (χ2v) is 8.75. The normalized spacial score (nSPS) is 12.1. The molecule has 0 saturated heterocycles. The third-order valence-electron chi connectivity index (χ3n) is 4.88. The van der Waals surface area contributed by atoms with Crippen molar-refractivity contribution in [2.45, 2.75) is 12.5 Å². The molecule has 4 N–H and O–H groups in total. The van der Waals surface area contributed by atoms with Gasteiger partial charge in [-0.25, -0.2) is 4.98 Å². The number of hydrogen-bond acceptors (Lipinski definition) is 5. The lowest BCUT2D eigenvalue weighted by Gasteiger charge is -2.16. The topological polar surface area (TPSA) is 93.0 Å². The number of rotatable bonds is 7. The van der Waals surface area contributed by atoms with Gasteiger partial charge in [0.2, 0.25) is 0 Å². The summed E-state index contributed by atoms with van der Waals surface area (Å²) in [4.78, 5) is 22.0. The number of nitrogens with zero attached hydrogens (tertiary/aromatic N) is 1. The predicted octanol–water partition coefficient (Wildman–Crippen LogP) is 4.36. The second-order valence-electron chi connectivity index (χ2n) is 6.84. The number of hydrogen-bond donors (Lipinski definition) is 3. The quantitative estimate of drug-likeness (QED) is 0.363. The van der Waals surface area contributed by atoms with Crippen molar-refractivity contribution in [3.63, 3.8) is 0 Å². The molecule has 0 aliphatic rings. The highest BCUT2D eigenvalue weighted by Crippen LogP contribution is 2.39. The first-order valence-electron chi connectivity index (χ1n) is 9.44. The molecule has 0 bridgehead atoms. The Morgan fingerprint density at radius 1 is 1.30 bits per heavy atom. The Kier molecular flexibility index (Phi) is 6.17. The second kappa shape index (κ2) is 8.99. The molecule has 4 rings (SSSR count). The summed E-state index contributed by atoms with van der Waals surface area (Å²) in [5.74, 6) is 0.672. The minimum absolute atomic E-state index is 0.129. The number of aromatic amines is 1. The van der Waals surface area contributed by atoms with Crippen LogP contribution in [0.2, 0.25) is 0 Å². The van der Waals surface area contributed by atoms with E-state index >= 15 is 0 Å². The van der Waals surface area contributed by atoms with Gasteiger partial charge in [0.05, 0.1) is 16.9 Å². The monoisotopic (exact) mass is 484 g/mol. The van der Waals surface area contributed by atoms with E-state index in [0.29, 0.717) is 17.8 Å². The van der Waals surface area contributed by atoms with Crippen molar-refractivity contribution in [3.05, 3.63) is 69.8 Å². The number of fused-ring (bicyclic) bond motifs is 1. The molecule has 6 nitrogen and oxygen atoms in total. The summed E-state index contributed by atoms with van der Waals surface area (Å²) in [5, 5.41) is 4.08. The molecule has 1 amide bonds. The van der Waals surface area contributed by atoms with Crippen LogP contribution in [-0.2, 0) is 6.42 Å². The molecule has 0 spiro atoms. The van der Waals surface area contributed by atoms with E-state index < -0.39 is 0 Å². The lowest BCUT2D eigenvalue weighted by molar-refractivity contribution is 0.0942. The highest BCUT2D eigenvalue weighted by Gasteiger charge is 2.19. The molecule has 4 aromatic rings. The maximum absolute atomic E-state index is 12.9. The Hall–Kier alpha value is -2.68. The molecule has 154 valence electrons. The predicted molar refractivity (Wildman–Crippen MR) is 124 cm³/mol. The van der Waals surface area contributed by atoms with Crippen molar-refractivity contribution in [2.24, 2.45) is 5.73 Å². The van der Waals surface area contributed by atoms with Gasteiger partial charge >= 0.3 is 0 Å². The number of H-pyrrole nitrogens is 1. The van der Waals surface area contributed by atoms with E-state index in [-0.39, 0.29) is 11.9 Å². The van der Waals surface area contributed by atoms with Gasteiger partial charge in [-0.3, -0.25) is 4.79 Å². The smallest absolute Gasteiger partial charge is 0.261 e. The van der Waals surface area contributed by atoms with Crippen LogP contribution in [0.15, 0.2) is 59.3 Å². The molecule has 0 aliphatic heterocycles. The van der Waals surface area contributed by atoms with Crippen molar-refractivity contribution < 1.29 is 9.53 Å². The summed E-state index contributed by atoms with van der Waals surface area (Å²) in [6.45, 7) is 0.353. The number of nitrogens with one attached hydrogen (secondary N) is 2. The number of halogens is 1. The number of ether oxygens (including phenoxy) is 1. The Balaban J connectivity index is 1.51. The number of amides is 1. The highest BCUT2D eigenvalue weighted by molar-refractivity contribution is 9.10. The van der Waals surface area contributed by atoms with Crippen LogP contribution in [-0.4, -0.2) is 35.6 Å². The van der Waals surface area contributed by atoms with Crippen LogP contribution in [0.4, 0.5) is 0 Å². The number of carbonyl (C=O) groups excluding carboxylic acids is 1. The SMILES string of the molecule is COc1ccc(C[C@@H](CN)NC(=O)c2cc(Br)c(-c3ccnc4[nH]ccc34)s2)cc1.